The number of rotatable bonds is 3. The van der Waals surface area contributed by atoms with E-state index >= 15 is 0 Å². The molecule has 1 N–H and O–H groups in total. The molecule has 0 bridgehead atoms. The highest BCUT2D eigenvalue weighted by molar-refractivity contribution is 5.99. The van der Waals surface area contributed by atoms with Gasteiger partial charge in [0.1, 0.15) is 0 Å². The summed E-state index contributed by atoms with van der Waals surface area (Å²) in [6.45, 7) is 0. The SMILES string of the molecule is O=C1Cc2cc(Cc3cccc([N+](=O)[O-])c3)ccc2N1. The van der Waals surface area contributed by atoms with Gasteiger partial charge >= 0.3 is 0 Å². The first-order valence-corrected chi connectivity index (χ1v) is 6.27. The fourth-order valence-electron chi connectivity index (χ4n) is 2.41. The van der Waals surface area contributed by atoms with Crippen molar-refractivity contribution in [3.05, 3.63) is 69.3 Å². The summed E-state index contributed by atoms with van der Waals surface area (Å²) in [6.07, 6.45) is 1.02. The lowest BCUT2D eigenvalue weighted by Crippen LogP contribution is -2.03. The molecular weight excluding hydrogens is 256 g/mol. The highest BCUT2D eigenvalue weighted by Gasteiger charge is 2.17. The van der Waals surface area contributed by atoms with Crippen LogP contribution in [-0.2, 0) is 17.6 Å². The molecule has 1 aliphatic heterocycles. The fraction of sp³-hybridized carbons (Fsp3) is 0.133. The zero-order chi connectivity index (χ0) is 14.1. The van der Waals surface area contributed by atoms with E-state index in [2.05, 4.69) is 5.32 Å². The number of fused-ring (bicyclic) bond motifs is 1. The van der Waals surface area contributed by atoms with Crippen molar-refractivity contribution in [2.45, 2.75) is 12.8 Å². The highest BCUT2D eigenvalue weighted by atomic mass is 16.6. The molecule has 2 aromatic carbocycles. The van der Waals surface area contributed by atoms with Crippen molar-refractivity contribution >= 4 is 17.3 Å². The van der Waals surface area contributed by atoms with Gasteiger partial charge in [0, 0.05) is 17.8 Å². The van der Waals surface area contributed by atoms with Crippen molar-refractivity contribution in [1.82, 2.24) is 0 Å². The van der Waals surface area contributed by atoms with Gasteiger partial charge < -0.3 is 5.32 Å². The van der Waals surface area contributed by atoms with E-state index in [1.807, 2.05) is 24.3 Å². The second-order valence-electron chi connectivity index (χ2n) is 4.82. The molecule has 0 unspecified atom stereocenters. The number of non-ortho nitro benzene ring substituents is 1. The van der Waals surface area contributed by atoms with Crippen LogP contribution in [0.1, 0.15) is 16.7 Å². The fourth-order valence-corrected chi connectivity index (χ4v) is 2.41. The smallest absolute Gasteiger partial charge is 0.269 e. The third-order valence-corrected chi connectivity index (χ3v) is 3.32. The third kappa shape index (κ3) is 2.38. The van der Waals surface area contributed by atoms with Gasteiger partial charge in [-0.05, 0) is 29.2 Å². The zero-order valence-corrected chi connectivity index (χ0v) is 10.6. The predicted molar refractivity (Wildman–Crippen MR) is 74.7 cm³/mol. The summed E-state index contributed by atoms with van der Waals surface area (Å²) in [5.74, 6) is 0.00694. The van der Waals surface area contributed by atoms with E-state index in [0.29, 0.717) is 12.8 Å². The topological polar surface area (TPSA) is 72.2 Å². The first-order valence-electron chi connectivity index (χ1n) is 6.27. The molecule has 5 heteroatoms. The van der Waals surface area contributed by atoms with Crippen molar-refractivity contribution in [3.63, 3.8) is 0 Å². The Hall–Kier alpha value is -2.69. The molecule has 0 radical (unpaired) electrons. The molecule has 0 aliphatic carbocycles. The lowest BCUT2D eigenvalue weighted by atomic mass is 10.0. The number of amides is 1. The number of benzene rings is 2. The van der Waals surface area contributed by atoms with E-state index in [-0.39, 0.29) is 11.6 Å². The van der Waals surface area contributed by atoms with Crippen LogP contribution in [0.5, 0.6) is 0 Å². The molecule has 0 spiro atoms. The van der Waals surface area contributed by atoms with Crippen molar-refractivity contribution in [3.8, 4) is 0 Å². The first kappa shape index (κ1) is 12.3. The van der Waals surface area contributed by atoms with Gasteiger partial charge in [-0.15, -0.1) is 0 Å². The molecule has 0 fully saturated rings. The van der Waals surface area contributed by atoms with E-state index in [1.165, 1.54) is 6.07 Å². The molecule has 1 heterocycles. The molecular formula is C15H12N2O3. The Balaban J connectivity index is 1.85. The minimum atomic E-state index is -0.394. The molecule has 5 nitrogen and oxygen atoms in total. The Bertz CT molecular complexity index is 710. The average molecular weight is 268 g/mol. The number of nitrogens with zero attached hydrogens (tertiary/aromatic N) is 1. The molecule has 2 aromatic rings. The number of nitro groups is 1. The van der Waals surface area contributed by atoms with Crippen LogP contribution in [0, 0.1) is 10.1 Å². The predicted octanol–water partition coefficient (Wildman–Crippen LogP) is 2.68. The second-order valence-corrected chi connectivity index (χ2v) is 4.82. The highest BCUT2D eigenvalue weighted by Crippen LogP contribution is 2.25. The molecule has 0 atom stereocenters. The molecule has 20 heavy (non-hydrogen) atoms. The van der Waals surface area contributed by atoms with Crippen LogP contribution in [0.2, 0.25) is 0 Å². The number of carbonyl (C=O) groups is 1. The number of hydrogen-bond donors (Lipinski definition) is 1. The Morgan fingerprint density at radius 3 is 2.75 bits per heavy atom. The van der Waals surface area contributed by atoms with Crippen LogP contribution >= 0.6 is 0 Å². The summed E-state index contributed by atoms with van der Waals surface area (Å²) in [6, 6.07) is 12.4. The van der Waals surface area contributed by atoms with Crippen molar-refractivity contribution in [1.29, 1.82) is 0 Å². The van der Waals surface area contributed by atoms with E-state index in [4.69, 9.17) is 0 Å². The Labute approximate surface area is 115 Å². The summed E-state index contributed by atoms with van der Waals surface area (Å²) in [4.78, 5) is 21.7. The van der Waals surface area contributed by atoms with E-state index in [1.54, 1.807) is 12.1 Å². The molecule has 1 aliphatic rings. The number of nitro benzene ring substituents is 1. The lowest BCUT2D eigenvalue weighted by Gasteiger charge is -2.04. The van der Waals surface area contributed by atoms with E-state index < -0.39 is 4.92 Å². The summed E-state index contributed by atoms with van der Waals surface area (Å²) >= 11 is 0. The lowest BCUT2D eigenvalue weighted by molar-refractivity contribution is -0.384. The average Bonchev–Trinajstić information content (AvgIpc) is 2.78. The molecule has 3 rings (SSSR count). The van der Waals surface area contributed by atoms with Crippen LogP contribution in [0.15, 0.2) is 42.5 Å². The zero-order valence-electron chi connectivity index (χ0n) is 10.6. The van der Waals surface area contributed by atoms with Crippen molar-refractivity contribution < 1.29 is 9.72 Å². The maximum Gasteiger partial charge on any atom is 0.269 e. The Morgan fingerprint density at radius 1 is 1.15 bits per heavy atom. The maximum atomic E-state index is 11.3. The molecule has 0 saturated carbocycles. The quantitative estimate of drug-likeness (QED) is 0.687. The molecule has 0 saturated heterocycles. The molecule has 1 amide bonds. The van der Waals surface area contributed by atoms with Crippen molar-refractivity contribution in [2.75, 3.05) is 5.32 Å². The van der Waals surface area contributed by atoms with Gasteiger partial charge in [0.05, 0.1) is 11.3 Å². The van der Waals surface area contributed by atoms with Crippen LogP contribution in [0.3, 0.4) is 0 Å². The first-order chi connectivity index (χ1) is 9.61. The standard InChI is InChI=1S/C15H12N2O3/c18-15-9-12-7-11(4-5-14(12)16-15)6-10-2-1-3-13(8-10)17(19)20/h1-5,7-8H,6,9H2,(H,16,18). The van der Waals surface area contributed by atoms with Crippen LogP contribution in [0.4, 0.5) is 11.4 Å². The third-order valence-electron chi connectivity index (χ3n) is 3.32. The Morgan fingerprint density at radius 2 is 1.95 bits per heavy atom. The van der Waals surface area contributed by atoms with Gasteiger partial charge in [-0.3, -0.25) is 14.9 Å². The van der Waals surface area contributed by atoms with E-state index in [0.717, 1.165) is 22.4 Å². The summed E-state index contributed by atoms with van der Waals surface area (Å²) in [7, 11) is 0. The largest absolute Gasteiger partial charge is 0.326 e. The van der Waals surface area contributed by atoms with Crippen LogP contribution in [0.25, 0.3) is 0 Å². The van der Waals surface area contributed by atoms with Gasteiger partial charge in [0.2, 0.25) is 5.91 Å². The second kappa shape index (κ2) is 4.77. The van der Waals surface area contributed by atoms with Crippen LogP contribution < -0.4 is 5.32 Å². The van der Waals surface area contributed by atoms with Gasteiger partial charge in [0.25, 0.3) is 5.69 Å². The number of hydrogen-bond acceptors (Lipinski definition) is 3. The number of carbonyl (C=O) groups excluding carboxylic acids is 1. The minimum Gasteiger partial charge on any atom is -0.326 e. The molecule has 100 valence electrons. The monoisotopic (exact) mass is 268 g/mol. The van der Waals surface area contributed by atoms with Gasteiger partial charge in [0.15, 0.2) is 0 Å². The van der Waals surface area contributed by atoms with E-state index in [9.17, 15) is 14.9 Å². The maximum absolute atomic E-state index is 11.3. The van der Waals surface area contributed by atoms with Crippen molar-refractivity contribution in [2.24, 2.45) is 0 Å². The summed E-state index contributed by atoms with van der Waals surface area (Å²) in [5.41, 5.74) is 3.87. The summed E-state index contributed by atoms with van der Waals surface area (Å²) in [5, 5.41) is 13.5. The van der Waals surface area contributed by atoms with Gasteiger partial charge in [-0.1, -0.05) is 24.3 Å². The van der Waals surface area contributed by atoms with Gasteiger partial charge in [-0.2, -0.15) is 0 Å². The molecule has 0 aromatic heterocycles. The number of anilines is 1. The normalized spacial score (nSPS) is 12.9. The van der Waals surface area contributed by atoms with Gasteiger partial charge in [-0.25, -0.2) is 0 Å². The van der Waals surface area contributed by atoms with Crippen LogP contribution in [-0.4, -0.2) is 10.8 Å². The summed E-state index contributed by atoms with van der Waals surface area (Å²) < 4.78 is 0. The minimum absolute atomic E-state index is 0.00694. The Kier molecular flexibility index (Phi) is 2.95. The number of nitrogens with one attached hydrogen (secondary N) is 1.